The summed E-state index contributed by atoms with van der Waals surface area (Å²) in [6.45, 7) is 5.72. The van der Waals surface area contributed by atoms with E-state index in [0.717, 1.165) is 30.5 Å². The number of aromatic nitrogens is 1. The first-order valence-corrected chi connectivity index (χ1v) is 12.0. The molecule has 0 saturated carbocycles. The Balaban J connectivity index is 1.34. The van der Waals surface area contributed by atoms with Gasteiger partial charge in [-0.3, -0.25) is 4.79 Å². The fourth-order valence-corrected chi connectivity index (χ4v) is 4.86. The van der Waals surface area contributed by atoms with Gasteiger partial charge in [0.15, 0.2) is 5.82 Å². The molecule has 0 radical (unpaired) electrons. The summed E-state index contributed by atoms with van der Waals surface area (Å²) >= 11 is 12.0. The molecule has 0 atom stereocenters. The molecule has 0 aliphatic carbocycles. The van der Waals surface area contributed by atoms with Gasteiger partial charge in [0.2, 0.25) is 0 Å². The minimum absolute atomic E-state index is 0.218. The molecular weight excluding hydrogens is 431 g/mol. The number of likely N-dealkylation sites (tertiary alicyclic amines) is 1. The van der Waals surface area contributed by atoms with Crippen molar-refractivity contribution in [2.24, 2.45) is 5.92 Å². The Bertz CT molecular complexity index is 893. The van der Waals surface area contributed by atoms with E-state index in [0.29, 0.717) is 15.6 Å². The lowest BCUT2D eigenvalue weighted by molar-refractivity contribution is 0.102. The number of hydrogen-bond acceptors (Lipinski definition) is 4. The van der Waals surface area contributed by atoms with E-state index in [1.807, 2.05) is 12.1 Å². The number of hydrogen-bond donors (Lipinski definition) is 1. The summed E-state index contributed by atoms with van der Waals surface area (Å²) in [5.41, 5.74) is 1.20. The maximum Gasteiger partial charge on any atom is 0.255 e. The second-order valence-electron chi connectivity index (χ2n) is 8.58. The molecule has 5 nitrogen and oxygen atoms in total. The number of amides is 1. The summed E-state index contributed by atoms with van der Waals surface area (Å²) in [6.07, 6.45) is 9.52. The normalized spacial score (nSPS) is 18.2. The van der Waals surface area contributed by atoms with Crippen molar-refractivity contribution in [3.63, 3.8) is 0 Å². The highest BCUT2D eigenvalue weighted by atomic mass is 35.5. The Labute approximate surface area is 194 Å². The molecule has 2 saturated heterocycles. The second kappa shape index (κ2) is 10.7. The van der Waals surface area contributed by atoms with E-state index >= 15 is 0 Å². The molecule has 31 heavy (non-hydrogen) atoms. The number of nitrogens with one attached hydrogen (secondary N) is 1. The van der Waals surface area contributed by atoms with Crippen molar-refractivity contribution in [1.29, 1.82) is 0 Å². The summed E-state index contributed by atoms with van der Waals surface area (Å²) in [5, 5.41) is 3.80. The molecule has 166 valence electrons. The lowest BCUT2D eigenvalue weighted by atomic mass is 9.93. The van der Waals surface area contributed by atoms with Crippen LogP contribution in [0.25, 0.3) is 0 Å². The predicted octanol–water partition coefficient (Wildman–Crippen LogP) is 5.73. The fraction of sp³-hybridized carbons (Fsp3) is 0.500. The molecule has 0 unspecified atom stereocenters. The Kier molecular flexibility index (Phi) is 7.70. The largest absolute Gasteiger partial charge is 0.355 e. The van der Waals surface area contributed by atoms with Gasteiger partial charge in [-0.25, -0.2) is 4.98 Å². The quantitative estimate of drug-likeness (QED) is 0.597. The van der Waals surface area contributed by atoms with Gasteiger partial charge in [0.05, 0.1) is 15.7 Å². The number of anilines is 2. The molecule has 1 N–H and O–H groups in total. The number of benzene rings is 1. The van der Waals surface area contributed by atoms with E-state index in [2.05, 4.69) is 20.1 Å². The molecule has 7 heteroatoms. The van der Waals surface area contributed by atoms with Gasteiger partial charge >= 0.3 is 0 Å². The molecule has 2 aromatic rings. The molecule has 0 bridgehead atoms. The van der Waals surface area contributed by atoms with Gasteiger partial charge in [0.1, 0.15) is 0 Å². The van der Waals surface area contributed by atoms with Crippen molar-refractivity contribution in [3.8, 4) is 0 Å². The van der Waals surface area contributed by atoms with E-state index in [1.54, 1.807) is 24.4 Å². The summed E-state index contributed by atoms with van der Waals surface area (Å²) in [5.74, 6) is 1.39. The van der Waals surface area contributed by atoms with E-state index in [1.165, 1.54) is 58.2 Å². The number of carbonyl (C=O) groups excluding carboxylic acids is 1. The van der Waals surface area contributed by atoms with E-state index < -0.39 is 0 Å². The zero-order valence-electron chi connectivity index (χ0n) is 17.8. The lowest BCUT2D eigenvalue weighted by Gasteiger charge is -2.35. The molecule has 4 rings (SSSR count). The van der Waals surface area contributed by atoms with Crippen molar-refractivity contribution in [1.82, 2.24) is 9.88 Å². The van der Waals surface area contributed by atoms with Gasteiger partial charge < -0.3 is 15.1 Å². The fourth-order valence-electron chi connectivity index (χ4n) is 4.56. The minimum atomic E-state index is -0.218. The number of nitrogens with zero attached hydrogens (tertiary/aromatic N) is 3. The minimum Gasteiger partial charge on any atom is -0.355 e. The highest BCUT2D eigenvalue weighted by Gasteiger charge is 2.23. The van der Waals surface area contributed by atoms with Gasteiger partial charge in [-0.2, -0.15) is 0 Å². The highest BCUT2D eigenvalue weighted by molar-refractivity contribution is 6.42. The van der Waals surface area contributed by atoms with Gasteiger partial charge in [-0.1, -0.05) is 29.6 Å². The van der Waals surface area contributed by atoms with Crippen molar-refractivity contribution in [2.75, 3.05) is 42.9 Å². The maximum absolute atomic E-state index is 12.7. The molecule has 2 aliphatic heterocycles. The number of piperidine rings is 2. The molecule has 1 aromatic carbocycles. The monoisotopic (exact) mass is 460 g/mol. The van der Waals surface area contributed by atoms with Crippen LogP contribution in [0.1, 0.15) is 48.9 Å². The van der Waals surface area contributed by atoms with Gasteiger partial charge in [0.25, 0.3) is 5.91 Å². The Morgan fingerprint density at radius 1 is 1.03 bits per heavy atom. The van der Waals surface area contributed by atoms with Crippen LogP contribution >= 0.6 is 23.2 Å². The average Bonchev–Trinajstić information content (AvgIpc) is 2.81. The first-order valence-electron chi connectivity index (χ1n) is 11.3. The van der Waals surface area contributed by atoms with E-state index in [9.17, 15) is 4.79 Å². The summed E-state index contributed by atoms with van der Waals surface area (Å²) in [4.78, 5) is 22.2. The molecular formula is C24H30Cl2N4O. The smallest absolute Gasteiger partial charge is 0.255 e. The standard InChI is InChI=1S/C24H30Cl2N4O/c25-20-7-6-19(17-21(20)26)24(31)28-22-5-4-11-27-23(22)30-15-9-18(10-16-30)8-14-29-12-2-1-3-13-29/h4-7,11,17-18H,1-3,8-10,12-16H2,(H,28,31). The van der Waals surface area contributed by atoms with Crippen LogP contribution in [0.2, 0.25) is 10.0 Å². The van der Waals surface area contributed by atoms with Crippen molar-refractivity contribution >= 4 is 40.6 Å². The zero-order valence-corrected chi connectivity index (χ0v) is 19.3. The van der Waals surface area contributed by atoms with Gasteiger partial charge in [-0.05, 0) is 88.0 Å². The third-order valence-corrected chi connectivity index (χ3v) is 7.17. The number of rotatable bonds is 6. The topological polar surface area (TPSA) is 48.5 Å². The molecule has 1 amide bonds. The zero-order chi connectivity index (χ0) is 21.6. The first kappa shape index (κ1) is 22.4. The number of pyridine rings is 1. The third kappa shape index (κ3) is 5.91. The van der Waals surface area contributed by atoms with Crippen LogP contribution in [0.15, 0.2) is 36.5 Å². The molecule has 0 spiro atoms. The third-order valence-electron chi connectivity index (χ3n) is 6.43. The summed E-state index contributed by atoms with van der Waals surface area (Å²) in [7, 11) is 0. The van der Waals surface area contributed by atoms with Gasteiger partial charge in [0, 0.05) is 24.8 Å². The van der Waals surface area contributed by atoms with Crippen LogP contribution in [0, 0.1) is 5.92 Å². The maximum atomic E-state index is 12.7. The SMILES string of the molecule is O=C(Nc1cccnc1N1CCC(CCN2CCCCC2)CC1)c1ccc(Cl)c(Cl)c1. The number of halogens is 2. The van der Waals surface area contributed by atoms with E-state index in [4.69, 9.17) is 23.2 Å². The van der Waals surface area contributed by atoms with Crippen LogP contribution in [0.5, 0.6) is 0 Å². The Morgan fingerprint density at radius 2 is 1.81 bits per heavy atom. The molecule has 1 aromatic heterocycles. The number of carbonyl (C=O) groups is 1. The Morgan fingerprint density at radius 3 is 2.55 bits per heavy atom. The first-order chi connectivity index (χ1) is 15.1. The second-order valence-corrected chi connectivity index (χ2v) is 9.39. The van der Waals surface area contributed by atoms with Crippen LogP contribution in [-0.2, 0) is 0 Å². The van der Waals surface area contributed by atoms with Crippen LogP contribution in [-0.4, -0.2) is 48.5 Å². The van der Waals surface area contributed by atoms with Crippen LogP contribution in [0.4, 0.5) is 11.5 Å². The van der Waals surface area contributed by atoms with E-state index in [-0.39, 0.29) is 5.91 Å². The Hall–Kier alpha value is -1.82. The lowest BCUT2D eigenvalue weighted by Crippen LogP contribution is -2.37. The van der Waals surface area contributed by atoms with Crippen molar-refractivity contribution in [3.05, 3.63) is 52.1 Å². The molecule has 2 fully saturated rings. The highest BCUT2D eigenvalue weighted by Crippen LogP contribution is 2.30. The molecule has 3 heterocycles. The van der Waals surface area contributed by atoms with Crippen LogP contribution in [0.3, 0.4) is 0 Å². The van der Waals surface area contributed by atoms with Crippen molar-refractivity contribution in [2.45, 2.75) is 38.5 Å². The van der Waals surface area contributed by atoms with Crippen molar-refractivity contribution < 1.29 is 4.79 Å². The summed E-state index contributed by atoms with van der Waals surface area (Å²) < 4.78 is 0. The summed E-state index contributed by atoms with van der Waals surface area (Å²) in [6, 6.07) is 8.65. The predicted molar refractivity (Wildman–Crippen MR) is 128 cm³/mol. The van der Waals surface area contributed by atoms with Crippen LogP contribution < -0.4 is 10.2 Å². The molecule has 2 aliphatic rings. The van der Waals surface area contributed by atoms with Gasteiger partial charge in [-0.15, -0.1) is 0 Å². The average molecular weight is 461 g/mol.